The third kappa shape index (κ3) is 6.76. The van der Waals surface area contributed by atoms with Gasteiger partial charge in [-0.1, -0.05) is 24.3 Å². The number of anilines is 1. The molecule has 1 aliphatic rings. The molecule has 1 fully saturated rings. The largest absolute Gasteiger partial charge is 0.434 e. The van der Waals surface area contributed by atoms with Crippen LogP contribution in [-0.2, 0) is 27.5 Å². The normalized spacial score (nSPS) is 17.0. The molecule has 15 heteroatoms. The molecule has 0 bridgehead atoms. The molecule has 4 aromatic rings. The summed E-state index contributed by atoms with van der Waals surface area (Å²) in [6.45, 7) is 0.915. The maximum Gasteiger partial charge on any atom is 0.387 e. The fourth-order valence-electron chi connectivity index (χ4n) is 5.15. The molecule has 3 heterocycles. The summed E-state index contributed by atoms with van der Waals surface area (Å²) in [7, 11) is -2.13. The molecule has 1 amide bonds. The number of hydrogen-bond donors (Lipinski definition) is 1. The van der Waals surface area contributed by atoms with Gasteiger partial charge in [-0.25, -0.2) is 9.97 Å². The van der Waals surface area contributed by atoms with Crippen LogP contribution in [0.25, 0.3) is 22.0 Å². The van der Waals surface area contributed by atoms with Gasteiger partial charge in [-0.15, -0.1) is 0 Å². The van der Waals surface area contributed by atoms with Gasteiger partial charge in [0.05, 0.1) is 17.4 Å². The number of ether oxygens (including phenoxy) is 1. The van der Waals surface area contributed by atoms with Gasteiger partial charge >= 0.3 is 14.2 Å². The summed E-state index contributed by atoms with van der Waals surface area (Å²) in [6, 6.07) is 11.6. The van der Waals surface area contributed by atoms with E-state index < -0.39 is 20.8 Å². The summed E-state index contributed by atoms with van der Waals surface area (Å²) in [5.74, 6) is 0.164. The highest BCUT2D eigenvalue weighted by Gasteiger charge is 2.29. The van der Waals surface area contributed by atoms with Gasteiger partial charge in [-0.3, -0.25) is 28.0 Å². The standard InChI is InChI=1S/C28H31F2N6O6P/c1-18-15-34(10-11-35(18)25(37)17-41-43(3,39)40)28-31-13-21(14-32-28)19-8-9-22-23(12-19)36(33(2)26(22)38)16-20-6-4-5-7-24(20)42-27(29)30/h4-9,12-14,18,27H,10-11,15-17H2,1-3H3,(H,39,40)/t18-/m1/s1. The zero-order valence-corrected chi connectivity index (χ0v) is 24.7. The summed E-state index contributed by atoms with van der Waals surface area (Å²) in [4.78, 5) is 47.3. The minimum atomic E-state index is -3.75. The molecule has 228 valence electrons. The Kier molecular flexibility index (Phi) is 8.63. The van der Waals surface area contributed by atoms with Crippen molar-refractivity contribution in [3.8, 4) is 16.9 Å². The second-order valence-corrected chi connectivity index (χ2v) is 12.2. The Hall–Kier alpha value is -4.13. The molecule has 0 radical (unpaired) electrons. The van der Waals surface area contributed by atoms with E-state index in [1.165, 1.54) is 10.7 Å². The zero-order chi connectivity index (χ0) is 30.9. The zero-order valence-electron chi connectivity index (χ0n) is 23.8. The summed E-state index contributed by atoms with van der Waals surface area (Å²) in [6.07, 6.45) is 3.35. The van der Waals surface area contributed by atoms with Gasteiger partial charge in [0, 0.05) is 62.9 Å². The molecule has 1 unspecified atom stereocenters. The first kappa shape index (κ1) is 30.3. The lowest BCUT2D eigenvalue weighted by atomic mass is 10.1. The van der Waals surface area contributed by atoms with Crippen molar-refractivity contribution in [2.45, 2.75) is 26.1 Å². The van der Waals surface area contributed by atoms with E-state index in [2.05, 4.69) is 14.7 Å². The molecular weight excluding hydrogens is 585 g/mol. The molecule has 0 aliphatic carbocycles. The Balaban J connectivity index is 1.34. The average Bonchev–Trinajstić information content (AvgIpc) is 3.20. The third-order valence-electron chi connectivity index (χ3n) is 7.30. The summed E-state index contributed by atoms with van der Waals surface area (Å²) in [5.41, 5.74) is 2.35. The van der Waals surface area contributed by atoms with E-state index >= 15 is 0 Å². The predicted octanol–water partition coefficient (Wildman–Crippen LogP) is 3.32. The maximum absolute atomic E-state index is 13.0. The molecule has 0 saturated carbocycles. The SMILES string of the molecule is C[C@@H]1CN(c2ncc(-c3ccc4c(=O)n(C)n(Cc5ccccc5OC(F)F)c4c3)cn2)CCN1C(=O)COP(C)(=O)O. The molecule has 43 heavy (non-hydrogen) atoms. The second kappa shape index (κ2) is 12.2. The van der Waals surface area contributed by atoms with Crippen LogP contribution < -0.4 is 15.2 Å². The van der Waals surface area contributed by atoms with Gasteiger partial charge < -0.3 is 19.4 Å². The highest BCUT2D eigenvalue weighted by molar-refractivity contribution is 7.51. The van der Waals surface area contributed by atoms with E-state index in [9.17, 15) is 27.8 Å². The van der Waals surface area contributed by atoms with E-state index in [4.69, 9.17) is 4.52 Å². The van der Waals surface area contributed by atoms with Crippen LogP contribution in [0, 0.1) is 0 Å². The molecule has 5 rings (SSSR count). The van der Waals surface area contributed by atoms with Crippen LogP contribution in [0.15, 0.2) is 59.7 Å². The number of nitrogens with zero attached hydrogens (tertiary/aromatic N) is 6. The topological polar surface area (TPSA) is 132 Å². The minimum Gasteiger partial charge on any atom is -0.434 e. The monoisotopic (exact) mass is 616 g/mol. The van der Waals surface area contributed by atoms with E-state index in [1.54, 1.807) is 59.4 Å². The Bertz CT molecular complexity index is 1740. The van der Waals surface area contributed by atoms with Crippen LogP contribution in [0.3, 0.4) is 0 Å². The number of amides is 1. The summed E-state index contributed by atoms with van der Waals surface area (Å²) in [5, 5.41) is 0.476. The third-order valence-corrected chi connectivity index (χ3v) is 7.91. The molecule has 2 aromatic carbocycles. The Labute approximate surface area is 245 Å². The van der Waals surface area contributed by atoms with E-state index in [-0.39, 0.29) is 29.8 Å². The first-order valence-electron chi connectivity index (χ1n) is 13.4. The van der Waals surface area contributed by atoms with Gasteiger partial charge in [0.2, 0.25) is 11.9 Å². The number of halogens is 2. The Morgan fingerprint density at radius 3 is 2.53 bits per heavy atom. The van der Waals surface area contributed by atoms with Crippen molar-refractivity contribution in [2.75, 3.05) is 37.8 Å². The van der Waals surface area contributed by atoms with Crippen molar-refractivity contribution >= 4 is 30.4 Å². The molecular formula is C28H31F2N6O6P. The van der Waals surface area contributed by atoms with Crippen molar-refractivity contribution in [3.05, 3.63) is 70.8 Å². The Morgan fingerprint density at radius 1 is 1.14 bits per heavy atom. The lowest BCUT2D eigenvalue weighted by Crippen LogP contribution is -2.55. The minimum absolute atomic E-state index is 0.0386. The fourth-order valence-corrected chi connectivity index (χ4v) is 5.50. The number of para-hydroxylation sites is 1. The number of rotatable bonds is 9. The quantitative estimate of drug-likeness (QED) is 0.281. The lowest BCUT2D eigenvalue weighted by Gasteiger charge is -2.39. The van der Waals surface area contributed by atoms with Crippen molar-refractivity contribution in [2.24, 2.45) is 7.05 Å². The smallest absolute Gasteiger partial charge is 0.387 e. The maximum atomic E-state index is 13.0. The van der Waals surface area contributed by atoms with Gasteiger partial charge in [0.1, 0.15) is 12.4 Å². The van der Waals surface area contributed by atoms with Crippen molar-refractivity contribution in [1.29, 1.82) is 0 Å². The number of benzene rings is 2. The van der Waals surface area contributed by atoms with Crippen LogP contribution in [0.2, 0.25) is 0 Å². The van der Waals surface area contributed by atoms with Gasteiger partial charge in [0.25, 0.3) is 5.56 Å². The first-order valence-corrected chi connectivity index (χ1v) is 15.5. The number of fused-ring (bicyclic) bond motifs is 1. The van der Waals surface area contributed by atoms with Gasteiger partial charge in [0.15, 0.2) is 0 Å². The lowest BCUT2D eigenvalue weighted by molar-refractivity contribution is -0.136. The molecule has 1 aliphatic heterocycles. The first-order chi connectivity index (χ1) is 20.4. The predicted molar refractivity (Wildman–Crippen MR) is 155 cm³/mol. The molecule has 2 aromatic heterocycles. The van der Waals surface area contributed by atoms with Crippen LogP contribution >= 0.6 is 7.60 Å². The molecule has 2 atom stereocenters. The van der Waals surface area contributed by atoms with E-state index in [1.807, 2.05) is 17.9 Å². The molecule has 1 saturated heterocycles. The number of hydrogen-bond acceptors (Lipinski definition) is 8. The highest BCUT2D eigenvalue weighted by atomic mass is 31.2. The van der Waals surface area contributed by atoms with Crippen LogP contribution in [0.4, 0.5) is 14.7 Å². The van der Waals surface area contributed by atoms with Crippen molar-refractivity contribution in [3.63, 3.8) is 0 Å². The van der Waals surface area contributed by atoms with E-state index in [0.717, 1.165) is 12.2 Å². The molecule has 12 nitrogen and oxygen atoms in total. The van der Waals surface area contributed by atoms with Crippen molar-refractivity contribution < 1.29 is 32.3 Å². The Morgan fingerprint density at radius 2 is 1.86 bits per heavy atom. The highest BCUT2D eigenvalue weighted by Crippen LogP contribution is 2.36. The second-order valence-electron chi connectivity index (χ2n) is 10.3. The van der Waals surface area contributed by atoms with E-state index in [0.29, 0.717) is 47.6 Å². The number of carbonyl (C=O) groups excluding carboxylic acids is 1. The number of aromatic nitrogens is 4. The van der Waals surface area contributed by atoms with Crippen LogP contribution in [0.5, 0.6) is 5.75 Å². The fraction of sp³-hybridized carbons (Fsp3) is 0.357. The van der Waals surface area contributed by atoms with Gasteiger partial charge in [-0.05, 0) is 30.7 Å². The van der Waals surface area contributed by atoms with Crippen molar-refractivity contribution in [1.82, 2.24) is 24.2 Å². The molecule has 1 N–H and O–H groups in total. The summed E-state index contributed by atoms with van der Waals surface area (Å²) >= 11 is 0. The number of carbonyl (C=O) groups is 1. The van der Waals surface area contributed by atoms with Crippen LogP contribution in [0.1, 0.15) is 12.5 Å². The number of piperazine rings is 1. The number of alkyl halides is 2. The van der Waals surface area contributed by atoms with Crippen LogP contribution in [-0.4, -0.2) is 80.6 Å². The summed E-state index contributed by atoms with van der Waals surface area (Å²) < 4.78 is 49.9. The average molecular weight is 617 g/mol. The molecule has 0 spiro atoms. The van der Waals surface area contributed by atoms with Gasteiger partial charge in [-0.2, -0.15) is 8.78 Å².